The van der Waals surface area contributed by atoms with E-state index in [9.17, 15) is 0 Å². The fourth-order valence-electron chi connectivity index (χ4n) is 1.33. The van der Waals surface area contributed by atoms with Crippen LogP contribution in [0.25, 0.3) is 0 Å². The van der Waals surface area contributed by atoms with Crippen LogP contribution in [0.2, 0.25) is 0 Å². The molecule has 80 valence electrons. The van der Waals surface area contributed by atoms with Crippen LogP contribution in [0.4, 0.5) is 0 Å². The monoisotopic (exact) mass is 197 g/mol. The Morgan fingerprint density at radius 1 is 1.57 bits per heavy atom. The summed E-state index contributed by atoms with van der Waals surface area (Å²) in [6.45, 7) is 7.35. The summed E-state index contributed by atoms with van der Waals surface area (Å²) in [5, 5.41) is 7.58. The second kappa shape index (κ2) is 5.78. The molecular weight excluding hydrogens is 178 g/mol. The predicted molar refractivity (Wildman–Crippen MR) is 56.1 cm³/mol. The highest BCUT2D eigenvalue weighted by Crippen LogP contribution is 2.03. The largest absolute Gasteiger partial charge is 0.380 e. The highest BCUT2D eigenvalue weighted by atomic mass is 16.5. The minimum absolute atomic E-state index is 0.774. The van der Waals surface area contributed by atoms with Gasteiger partial charge in [0, 0.05) is 38.5 Å². The van der Waals surface area contributed by atoms with Gasteiger partial charge in [0.15, 0.2) is 0 Å². The normalized spacial score (nSPS) is 10.8. The Bertz CT molecular complexity index is 270. The summed E-state index contributed by atoms with van der Waals surface area (Å²) in [4.78, 5) is 0. The lowest BCUT2D eigenvalue weighted by atomic mass is 10.2. The van der Waals surface area contributed by atoms with Gasteiger partial charge < -0.3 is 10.1 Å². The topological polar surface area (TPSA) is 39.1 Å². The molecule has 14 heavy (non-hydrogen) atoms. The summed E-state index contributed by atoms with van der Waals surface area (Å²) < 4.78 is 7.07. The van der Waals surface area contributed by atoms with Crippen LogP contribution in [0.3, 0.4) is 0 Å². The predicted octanol–water partition coefficient (Wildman–Crippen LogP) is 0.855. The van der Waals surface area contributed by atoms with E-state index < -0.39 is 0 Å². The molecule has 1 N–H and O–H groups in total. The van der Waals surface area contributed by atoms with Crippen molar-refractivity contribution in [1.29, 1.82) is 0 Å². The van der Waals surface area contributed by atoms with Gasteiger partial charge >= 0.3 is 0 Å². The Hall–Kier alpha value is -0.870. The average Bonchev–Trinajstić information content (AvgIpc) is 2.45. The van der Waals surface area contributed by atoms with Crippen LogP contribution in [-0.2, 0) is 18.3 Å². The molecule has 0 unspecified atom stereocenters. The van der Waals surface area contributed by atoms with Gasteiger partial charge in [-0.25, -0.2) is 0 Å². The number of nitrogens with zero attached hydrogens (tertiary/aromatic N) is 2. The van der Waals surface area contributed by atoms with Gasteiger partial charge in [-0.3, -0.25) is 4.68 Å². The highest BCUT2D eigenvalue weighted by molar-refractivity contribution is 5.14. The van der Waals surface area contributed by atoms with Crippen molar-refractivity contribution in [2.45, 2.75) is 20.4 Å². The molecule has 0 saturated heterocycles. The SMILES string of the molecule is CCOCCNCc1cn(C)nc1C. The molecular formula is C10H19N3O. The number of aryl methyl sites for hydroxylation is 2. The standard InChI is InChI=1S/C10H19N3O/c1-4-14-6-5-11-7-10-8-13(3)12-9(10)2/h8,11H,4-7H2,1-3H3. The first kappa shape index (κ1) is 11.2. The number of ether oxygens (including phenoxy) is 1. The molecule has 0 aromatic carbocycles. The van der Waals surface area contributed by atoms with E-state index in [-0.39, 0.29) is 0 Å². The maximum Gasteiger partial charge on any atom is 0.0638 e. The minimum Gasteiger partial charge on any atom is -0.380 e. The van der Waals surface area contributed by atoms with Crippen LogP contribution < -0.4 is 5.32 Å². The van der Waals surface area contributed by atoms with Crippen molar-refractivity contribution < 1.29 is 4.74 Å². The lowest BCUT2D eigenvalue weighted by Gasteiger charge is -2.03. The van der Waals surface area contributed by atoms with Gasteiger partial charge in [0.25, 0.3) is 0 Å². The second-order valence-corrected chi connectivity index (χ2v) is 3.29. The van der Waals surface area contributed by atoms with E-state index in [0.717, 1.165) is 32.0 Å². The van der Waals surface area contributed by atoms with E-state index in [0.29, 0.717) is 0 Å². The molecule has 0 spiro atoms. The van der Waals surface area contributed by atoms with Crippen molar-refractivity contribution in [2.24, 2.45) is 7.05 Å². The highest BCUT2D eigenvalue weighted by Gasteiger charge is 2.01. The summed E-state index contributed by atoms with van der Waals surface area (Å²) in [6, 6.07) is 0. The van der Waals surface area contributed by atoms with E-state index in [1.54, 1.807) is 0 Å². The maximum atomic E-state index is 5.22. The molecule has 4 nitrogen and oxygen atoms in total. The van der Waals surface area contributed by atoms with Gasteiger partial charge in [0.05, 0.1) is 12.3 Å². The first-order chi connectivity index (χ1) is 6.74. The fourth-order valence-corrected chi connectivity index (χ4v) is 1.33. The molecule has 1 heterocycles. The molecule has 0 saturated carbocycles. The molecule has 1 aromatic heterocycles. The van der Waals surface area contributed by atoms with E-state index in [1.807, 2.05) is 31.8 Å². The molecule has 0 fully saturated rings. The smallest absolute Gasteiger partial charge is 0.0638 e. The van der Waals surface area contributed by atoms with Gasteiger partial charge in [-0.1, -0.05) is 0 Å². The van der Waals surface area contributed by atoms with E-state index in [2.05, 4.69) is 10.4 Å². The van der Waals surface area contributed by atoms with Crippen LogP contribution in [0.5, 0.6) is 0 Å². The van der Waals surface area contributed by atoms with Crippen molar-refractivity contribution in [3.8, 4) is 0 Å². The first-order valence-electron chi connectivity index (χ1n) is 5.01. The van der Waals surface area contributed by atoms with E-state index >= 15 is 0 Å². The lowest BCUT2D eigenvalue weighted by molar-refractivity contribution is 0.149. The second-order valence-electron chi connectivity index (χ2n) is 3.29. The summed E-state index contributed by atoms with van der Waals surface area (Å²) in [7, 11) is 1.94. The third kappa shape index (κ3) is 3.47. The third-order valence-electron chi connectivity index (χ3n) is 2.06. The number of rotatable bonds is 6. The zero-order chi connectivity index (χ0) is 10.4. The summed E-state index contributed by atoms with van der Waals surface area (Å²) in [5.74, 6) is 0. The Labute approximate surface area is 85.3 Å². The van der Waals surface area contributed by atoms with Crippen LogP contribution in [0.15, 0.2) is 6.20 Å². The fraction of sp³-hybridized carbons (Fsp3) is 0.700. The van der Waals surface area contributed by atoms with Gasteiger partial charge in [-0.15, -0.1) is 0 Å². The molecule has 0 amide bonds. The zero-order valence-corrected chi connectivity index (χ0v) is 9.21. The first-order valence-corrected chi connectivity index (χ1v) is 5.01. The Kier molecular flexibility index (Phi) is 4.62. The zero-order valence-electron chi connectivity index (χ0n) is 9.21. The van der Waals surface area contributed by atoms with Crippen LogP contribution in [-0.4, -0.2) is 29.5 Å². The van der Waals surface area contributed by atoms with Crippen LogP contribution in [0, 0.1) is 6.92 Å². The average molecular weight is 197 g/mol. The number of hydrogen-bond donors (Lipinski definition) is 1. The Balaban J connectivity index is 2.21. The summed E-state index contributed by atoms with van der Waals surface area (Å²) >= 11 is 0. The molecule has 1 rings (SSSR count). The van der Waals surface area contributed by atoms with Crippen LogP contribution >= 0.6 is 0 Å². The van der Waals surface area contributed by atoms with Gasteiger partial charge in [-0.2, -0.15) is 5.10 Å². The Morgan fingerprint density at radius 2 is 2.36 bits per heavy atom. The van der Waals surface area contributed by atoms with E-state index in [1.165, 1.54) is 5.56 Å². The molecule has 4 heteroatoms. The van der Waals surface area contributed by atoms with Crippen molar-refractivity contribution in [3.05, 3.63) is 17.5 Å². The van der Waals surface area contributed by atoms with Gasteiger partial charge in [0.2, 0.25) is 0 Å². The van der Waals surface area contributed by atoms with Crippen LogP contribution in [0.1, 0.15) is 18.2 Å². The minimum atomic E-state index is 0.774. The van der Waals surface area contributed by atoms with Gasteiger partial charge in [0.1, 0.15) is 0 Å². The van der Waals surface area contributed by atoms with Gasteiger partial charge in [-0.05, 0) is 13.8 Å². The quantitative estimate of drug-likeness (QED) is 0.687. The maximum absolute atomic E-state index is 5.22. The molecule has 0 aliphatic heterocycles. The molecule has 1 aromatic rings. The van der Waals surface area contributed by atoms with E-state index in [4.69, 9.17) is 4.74 Å². The number of nitrogens with one attached hydrogen (secondary N) is 1. The van der Waals surface area contributed by atoms with Crippen molar-refractivity contribution in [2.75, 3.05) is 19.8 Å². The van der Waals surface area contributed by atoms with Crippen molar-refractivity contribution >= 4 is 0 Å². The van der Waals surface area contributed by atoms with Crippen molar-refractivity contribution in [1.82, 2.24) is 15.1 Å². The Morgan fingerprint density at radius 3 is 2.93 bits per heavy atom. The molecule has 0 aliphatic rings. The molecule has 0 aliphatic carbocycles. The molecule has 0 atom stereocenters. The van der Waals surface area contributed by atoms with Crippen molar-refractivity contribution in [3.63, 3.8) is 0 Å². The summed E-state index contributed by atoms with van der Waals surface area (Å²) in [5.41, 5.74) is 2.35. The molecule has 0 radical (unpaired) electrons. The lowest BCUT2D eigenvalue weighted by Crippen LogP contribution is -2.19. The number of hydrogen-bond acceptors (Lipinski definition) is 3. The third-order valence-corrected chi connectivity index (χ3v) is 2.06. The number of aromatic nitrogens is 2. The molecule has 0 bridgehead atoms. The summed E-state index contributed by atoms with van der Waals surface area (Å²) in [6.07, 6.45) is 2.04.